The van der Waals surface area contributed by atoms with Crippen LogP contribution in [0.1, 0.15) is 6.42 Å². The number of carbonyl (C=O) groups is 2. The second-order valence-electron chi connectivity index (χ2n) is 7.40. The number of non-ortho nitro benzene ring substituents is 1. The summed E-state index contributed by atoms with van der Waals surface area (Å²) in [6.45, 7) is 2.49. The number of piperazine rings is 1. The summed E-state index contributed by atoms with van der Waals surface area (Å²) in [7, 11) is 1.48. The van der Waals surface area contributed by atoms with Crippen LogP contribution in [0.2, 0.25) is 5.02 Å². The monoisotopic (exact) mass is 444 g/mol. The van der Waals surface area contributed by atoms with Crippen molar-refractivity contribution in [2.24, 2.45) is 0 Å². The molecule has 2 aromatic rings. The maximum absolute atomic E-state index is 13.1. The highest BCUT2D eigenvalue weighted by atomic mass is 35.5. The van der Waals surface area contributed by atoms with Crippen LogP contribution in [0.3, 0.4) is 0 Å². The molecule has 162 valence electrons. The number of imide groups is 1. The molecule has 0 saturated carbocycles. The molecule has 1 atom stereocenters. The van der Waals surface area contributed by atoms with Crippen molar-refractivity contribution in [1.29, 1.82) is 0 Å². The number of rotatable bonds is 5. The third-order valence-electron chi connectivity index (χ3n) is 5.69. The Balaban J connectivity index is 1.45. The Morgan fingerprint density at radius 2 is 1.74 bits per heavy atom. The second kappa shape index (κ2) is 8.52. The van der Waals surface area contributed by atoms with Gasteiger partial charge < -0.3 is 9.64 Å². The van der Waals surface area contributed by atoms with Crippen molar-refractivity contribution in [3.8, 4) is 5.75 Å². The maximum atomic E-state index is 13.1. The normalized spacial score (nSPS) is 19.7. The molecule has 1 unspecified atom stereocenters. The Morgan fingerprint density at radius 3 is 2.35 bits per heavy atom. The van der Waals surface area contributed by atoms with Crippen molar-refractivity contribution < 1.29 is 19.2 Å². The number of carbonyl (C=O) groups excluding carboxylic acids is 2. The summed E-state index contributed by atoms with van der Waals surface area (Å²) in [4.78, 5) is 41.5. The first kappa shape index (κ1) is 21.1. The van der Waals surface area contributed by atoms with Crippen LogP contribution in [0.15, 0.2) is 42.5 Å². The van der Waals surface area contributed by atoms with E-state index in [9.17, 15) is 19.7 Å². The summed E-state index contributed by atoms with van der Waals surface area (Å²) >= 11 is 6.08. The van der Waals surface area contributed by atoms with Crippen molar-refractivity contribution in [2.75, 3.05) is 43.1 Å². The van der Waals surface area contributed by atoms with Gasteiger partial charge in [-0.15, -0.1) is 0 Å². The fourth-order valence-corrected chi connectivity index (χ4v) is 4.24. The van der Waals surface area contributed by atoms with Crippen molar-refractivity contribution in [2.45, 2.75) is 12.5 Å². The molecule has 4 rings (SSSR count). The predicted molar refractivity (Wildman–Crippen MR) is 116 cm³/mol. The van der Waals surface area contributed by atoms with Crippen LogP contribution in [0.4, 0.5) is 17.1 Å². The topological polar surface area (TPSA) is 96.2 Å². The lowest BCUT2D eigenvalue weighted by molar-refractivity contribution is -0.384. The molecule has 2 amide bonds. The summed E-state index contributed by atoms with van der Waals surface area (Å²) in [6.07, 6.45) is 0.103. The molecule has 9 nitrogen and oxygen atoms in total. The number of benzene rings is 2. The van der Waals surface area contributed by atoms with E-state index in [1.54, 1.807) is 30.3 Å². The lowest BCUT2D eigenvalue weighted by Gasteiger charge is -2.38. The number of nitro groups is 1. The first-order chi connectivity index (χ1) is 14.9. The molecule has 2 fully saturated rings. The van der Waals surface area contributed by atoms with E-state index in [1.807, 2.05) is 4.90 Å². The third kappa shape index (κ3) is 4.06. The highest BCUT2D eigenvalue weighted by molar-refractivity contribution is 6.31. The van der Waals surface area contributed by atoms with Gasteiger partial charge in [-0.25, -0.2) is 4.90 Å². The van der Waals surface area contributed by atoms with Gasteiger partial charge in [-0.1, -0.05) is 11.6 Å². The van der Waals surface area contributed by atoms with Crippen LogP contribution >= 0.6 is 11.6 Å². The first-order valence-corrected chi connectivity index (χ1v) is 10.2. The summed E-state index contributed by atoms with van der Waals surface area (Å²) in [5.41, 5.74) is 1.30. The number of nitro benzene ring substituents is 1. The highest BCUT2D eigenvalue weighted by Gasteiger charge is 2.44. The smallest absolute Gasteiger partial charge is 0.269 e. The second-order valence-corrected chi connectivity index (χ2v) is 7.84. The molecule has 0 aliphatic carbocycles. The van der Waals surface area contributed by atoms with E-state index < -0.39 is 11.0 Å². The van der Waals surface area contributed by atoms with E-state index in [4.69, 9.17) is 16.3 Å². The largest absolute Gasteiger partial charge is 0.495 e. The van der Waals surface area contributed by atoms with Crippen molar-refractivity contribution in [3.63, 3.8) is 0 Å². The molecule has 2 aliphatic rings. The lowest BCUT2D eigenvalue weighted by atomic mass is 10.1. The minimum atomic E-state index is -0.532. The average molecular weight is 445 g/mol. The standard InChI is InChI=1S/C21H21ClN4O5/c1-31-19-7-2-14(22)12-17(19)25-20(27)13-18(21(25)28)24-10-8-23(9-11-24)15-3-5-16(6-4-15)26(29)30/h2-7,12,18H,8-11,13H2,1H3. The van der Waals surface area contributed by atoms with Crippen molar-refractivity contribution >= 4 is 40.5 Å². The molecular formula is C21H21ClN4O5. The SMILES string of the molecule is COc1ccc(Cl)cc1N1C(=O)CC(N2CCN(c3ccc([N+](=O)[O-])cc3)CC2)C1=O. The summed E-state index contributed by atoms with van der Waals surface area (Å²) in [5, 5.41) is 11.2. The van der Waals surface area contributed by atoms with E-state index >= 15 is 0 Å². The Morgan fingerprint density at radius 1 is 1.06 bits per heavy atom. The van der Waals surface area contributed by atoms with Crippen LogP contribution in [-0.4, -0.2) is 61.0 Å². The molecule has 31 heavy (non-hydrogen) atoms. The van der Waals surface area contributed by atoms with Gasteiger partial charge in [-0.3, -0.25) is 24.6 Å². The van der Waals surface area contributed by atoms with Gasteiger partial charge in [0, 0.05) is 49.0 Å². The molecule has 0 N–H and O–H groups in total. The van der Waals surface area contributed by atoms with Crippen LogP contribution in [0.5, 0.6) is 5.75 Å². The summed E-state index contributed by atoms with van der Waals surface area (Å²) < 4.78 is 5.31. The fraction of sp³-hybridized carbons (Fsp3) is 0.333. The fourth-order valence-electron chi connectivity index (χ4n) is 4.07. The van der Waals surface area contributed by atoms with Gasteiger partial charge >= 0.3 is 0 Å². The van der Waals surface area contributed by atoms with Gasteiger partial charge in [0.2, 0.25) is 5.91 Å². The number of anilines is 2. The number of halogens is 1. The van der Waals surface area contributed by atoms with Gasteiger partial charge in [0.05, 0.1) is 30.2 Å². The van der Waals surface area contributed by atoms with E-state index in [0.29, 0.717) is 42.6 Å². The quantitative estimate of drug-likeness (QED) is 0.397. The summed E-state index contributed by atoms with van der Waals surface area (Å²) in [5.74, 6) is -0.155. The van der Waals surface area contributed by atoms with E-state index in [2.05, 4.69) is 4.90 Å². The molecule has 0 bridgehead atoms. The molecule has 10 heteroatoms. The molecular weight excluding hydrogens is 424 g/mol. The Kier molecular flexibility index (Phi) is 5.79. The third-order valence-corrected chi connectivity index (χ3v) is 5.92. The molecule has 2 aliphatic heterocycles. The van der Waals surface area contributed by atoms with Gasteiger partial charge in [0.1, 0.15) is 5.75 Å². The van der Waals surface area contributed by atoms with Crippen LogP contribution in [0.25, 0.3) is 0 Å². The number of amides is 2. The lowest BCUT2D eigenvalue weighted by Crippen LogP contribution is -2.52. The zero-order chi connectivity index (χ0) is 22.1. The number of methoxy groups -OCH3 is 1. The molecule has 0 aromatic heterocycles. The average Bonchev–Trinajstić information content (AvgIpc) is 3.07. The zero-order valence-electron chi connectivity index (χ0n) is 16.9. The van der Waals surface area contributed by atoms with Gasteiger partial charge in [0.15, 0.2) is 0 Å². The number of hydrogen-bond donors (Lipinski definition) is 0. The Bertz CT molecular complexity index is 1020. The Labute approximate surface area is 183 Å². The van der Waals surface area contributed by atoms with Crippen LogP contribution < -0.4 is 14.5 Å². The number of ether oxygens (including phenoxy) is 1. The van der Waals surface area contributed by atoms with Gasteiger partial charge in [0.25, 0.3) is 11.6 Å². The zero-order valence-corrected chi connectivity index (χ0v) is 17.6. The predicted octanol–water partition coefficient (Wildman–Crippen LogP) is 2.71. The molecule has 2 aromatic carbocycles. The van der Waals surface area contributed by atoms with Crippen molar-refractivity contribution in [1.82, 2.24) is 4.90 Å². The van der Waals surface area contributed by atoms with Crippen LogP contribution in [0, 0.1) is 10.1 Å². The number of hydrogen-bond acceptors (Lipinski definition) is 7. The Hall–Kier alpha value is -3.17. The van der Waals surface area contributed by atoms with E-state index in [-0.39, 0.29) is 23.9 Å². The molecule has 0 spiro atoms. The highest BCUT2D eigenvalue weighted by Crippen LogP contribution is 2.35. The van der Waals surface area contributed by atoms with Gasteiger partial charge in [-0.2, -0.15) is 0 Å². The van der Waals surface area contributed by atoms with Gasteiger partial charge in [-0.05, 0) is 30.3 Å². The minimum absolute atomic E-state index is 0.0500. The van der Waals surface area contributed by atoms with Crippen molar-refractivity contribution in [3.05, 3.63) is 57.6 Å². The molecule has 2 heterocycles. The minimum Gasteiger partial charge on any atom is -0.495 e. The van der Waals surface area contributed by atoms with E-state index in [0.717, 1.165) is 10.6 Å². The molecule has 0 radical (unpaired) electrons. The number of nitrogens with zero attached hydrogens (tertiary/aromatic N) is 4. The van der Waals surface area contributed by atoms with E-state index in [1.165, 1.54) is 19.2 Å². The summed E-state index contributed by atoms with van der Waals surface area (Å²) in [6, 6.07) is 10.7. The van der Waals surface area contributed by atoms with Crippen LogP contribution in [-0.2, 0) is 9.59 Å². The first-order valence-electron chi connectivity index (χ1n) is 9.83. The molecule has 2 saturated heterocycles. The maximum Gasteiger partial charge on any atom is 0.269 e.